The molecule has 1 fully saturated rings. The lowest BCUT2D eigenvalue weighted by atomic mass is 10.2. The first-order chi connectivity index (χ1) is 7.31. The summed E-state index contributed by atoms with van der Waals surface area (Å²) in [7, 11) is 0. The molecule has 0 radical (unpaired) electrons. The van der Waals surface area contributed by atoms with Crippen LogP contribution in [0.5, 0.6) is 0 Å². The van der Waals surface area contributed by atoms with Gasteiger partial charge in [-0.3, -0.25) is 5.41 Å². The molecule has 2 rings (SSSR count). The second kappa shape index (κ2) is 4.47. The maximum Gasteiger partial charge on any atom is 0.128 e. The SMILES string of the molecule is CCN(CC1CC1)C(=N)c1ccccc1. The van der Waals surface area contributed by atoms with Crippen LogP contribution in [0.1, 0.15) is 25.3 Å². The Morgan fingerprint density at radius 3 is 2.53 bits per heavy atom. The Hall–Kier alpha value is -1.31. The van der Waals surface area contributed by atoms with E-state index in [-0.39, 0.29) is 0 Å². The quantitative estimate of drug-likeness (QED) is 0.590. The average Bonchev–Trinajstić information content (AvgIpc) is 3.10. The maximum absolute atomic E-state index is 8.13. The molecule has 1 aliphatic carbocycles. The minimum atomic E-state index is 0.671. The van der Waals surface area contributed by atoms with Gasteiger partial charge in [0.1, 0.15) is 5.84 Å². The molecule has 0 atom stereocenters. The molecule has 80 valence electrons. The lowest BCUT2D eigenvalue weighted by Gasteiger charge is -2.23. The van der Waals surface area contributed by atoms with Crippen molar-refractivity contribution in [3.63, 3.8) is 0 Å². The van der Waals surface area contributed by atoms with E-state index in [2.05, 4.69) is 11.8 Å². The Labute approximate surface area is 91.4 Å². The van der Waals surface area contributed by atoms with Crippen molar-refractivity contribution < 1.29 is 0 Å². The van der Waals surface area contributed by atoms with Crippen molar-refractivity contribution in [3.05, 3.63) is 35.9 Å². The van der Waals surface area contributed by atoms with Crippen LogP contribution < -0.4 is 0 Å². The van der Waals surface area contributed by atoms with Crippen molar-refractivity contribution in [2.75, 3.05) is 13.1 Å². The molecular formula is C13H18N2. The van der Waals surface area contributed by atoms with Crippen molar-refractivity contribution in [2.24, 2.45) is 5.92 Å². The highest BCUT2D eigenvalue weighted by Crippen LogP contribution is 2.30. The van der Waals surface area contributed by atoms with Crippen LogP contribution in [0.25, 0.3) is 0 Å². The molecule has 0 bridgehead atoms. The van der Waals surface area contributed by atoms with Crippen molar-refractivity contribution in [1.82, 2.24) is 4.90 Å². The van der Waals surface area contributed by atoms with Gasteiger partial charge in [0.2, 0.25) is 0 Å². The molecule has 0 unspecified atom stereocenters. The zero-order chi connectivity index (χ0) is 10.7. The van der Waals surface area contributed by atoms with Crippen LogP contribution in [0.4, 0.5) is 0 Å². The van der Waals surface area contributed by atoms with Gasteiger partial charge in [-0.25, -0.2) is 0 Å². The van der Waals surface area contributed by atoms with Gasteiger partial charge in [0.05, 0.1) is 0 Å². The summed E-state index contributed by atoms with van der Waals surface area (Å²) in [5.74, 6) is 1.51. The van der Waals surface area contributed by atoms with E-state index in [4.69, 9.17) is 5.41 Å². The highest BCUT2D eigenvalue weighted by molar-refractivity contribution is 5.96. The number of nitrogens with one attached hydrogen (secondary N) is 1. The van der Waals surface area contributed by atoms with Gasteiger partial charge in [-0.2, -0.15) is 0 Å². The smallest absolute Gasteiger partial charge is 0.128 e. The van der Waals surface area contributed by atoms with E-state index in [0.717, 1.165) is 24.6 Å². The fraction of sp³-hybridized carbons (Fsp3) is 0.462. The van der Waals surface area contributed by atoms with Gasteiger partial charge in [0.25, 0.3) is 0 Å². The predicted octanol–water partition coefficient (Wildman–Crippen LogP) is 2.74. The molecule has 0 aliphatic heterocycles. The van der Waals surface area contributed by atoms with Gasteiger partial charge in [0.15, 0.2) is 0 Å². The fourth-order valence-corrected chi connectivity index (χ4v) is 1.77. The average molecular weight is 202 g/mol. The Balaban J connectivity index is 2.03. The number of amidine groups is 1. The largest absolute Gasteiger partial charge is 0.357 e. The molecule has 1 N–H and O–H groups in total. The van der Waals surface area contributed by atoms with Gasteiger partial charge in [-0.05, 0) is 25.7 Å². The summed E-state index contributed by atoms with van der Waals surface area (Å²) in [6.45, 7) is 4.12. The van der Waals surface area contributed by atoms with E-state index >= 15 is 0 Å². The molecule has 0 amide bonds. The molecule has 2 nitrogen and oxygen atoms in total. The van der Waals surface area contributed by atoms with E-state index in [9.17, 15) is 0 Å². The Kier molecular flexibility index (Phi) is 3.05. The predicted molar refractivity (Wildman–Crippen MR) is 63.2 cm³/mol. The third-order valence-electron chi connectivity index (χ3n) is 2.92. The highest BCUT2D eigenvalue weighted by atomic mass is 15.2. The Morgan fingerprint density at radius 1 is 1.33 bits per heavy atom. The second-order valence-corrected chi connectivity index (χ2v) is 4.20. The normalized spacial score (nSPS) is 15.0. The standard InChI is InChI=1S/C13H18N2/c1-2-15(10-11-8-9-11)13(14)12-6-4-3-5-7-12/h3-7,11,14H,2,8-10H2,1H3. The molecule has 2 heteroatoms. The number of rotatable bonds is 4. The molecule has 0 aromatic heterocycles. The third-order valence-corrected chi connectivity index (χ3v) is 2.92. The first-order valence-corrected chi connectivity index (χ1v) is 5.70. The lowest BCUT2D eigenvalue weighted by Crippen LogP contribution is -2.32. The number of hydrogen-bond acceptors (Lipinski definition) is 1. The lowest BCUT2D eigenvalue weighted by molar-refractivity contribution is 0.418. The van der Waals surface area contributed by atoms with Gasteiger partial charge in [-0.15, -0.1) is 0 Å². The summed E-state index contributed by atoms with van der Waals surface area (Å²) in [5.41, 5.74) is 1.03. The Morgan fingerprint density at radius 2 is 2.00 bits per heavy atom. The first kappa shape index (κ1) is 10.2. The first-order valence-electron chi connectivity index (χ1n) is 5.70. The number of benzene rings is 1. The topological polar surface area (TPSA) is 27.1 Å². The summed E-state index contributed by atoms with van der Waals surface area (Å²) < 4.78 is 0. The van der Waals surface area contributed by atoms with Crippen molar-refractivity contribution >= 4 is 5.84 Å². The molecule has 1 aromatic carbocycles. The summed E-state index contributed by atoms with van der Waals surface area (Å²) in [4.78, 5) is 2.17. The van der Waals surface area contributed by atoms with Gasteiger partial charge in [0, 0.05) is 18.7 Å². The van der Waals surface area contributed by atoms with E-state index in [1.165, 1.54) is 12.8 Å². The molecule has 0 saturated heterocycles. The molecule has 0 heterocycles. The molecule has 15 heavy (non-hydrogen) atoms. The van der Waals surface area contributed by atoms with E-state index < -0.39 is 0 Å². The van der Waals surface area contributed by atoms with Crippen molar-refractivity contribution in [3.8, 4) is 0 Å². The third kappa shape index (κ3) is 2.58. The molecular weight excluding hydrogens is 184 g/mol. The zero-order valence-electron chi connectivity index (χ0n) is 9.24. The van der Waals surface area contributed by atoms with Crippen LogP contribution in [0.3, 0.4) is 0 Å². The van der Waals surface area contributed by atoms with Crippen LogP contribution in [0.15, 0.2) is 30.3 Å². The summed E-state index contributed by atoms with van der Waals surface area (Å²) in [5, 5.41) is 8.13. The molecule has 0 spiro atoms. The van der Waals surface area contributed by atoms with Crippen molar-refractivity contribution in [2.45, 2.75) is 19.8 Å². The van der Waals surface area contributed by atoms with Crippen LogP contribution in [-0.2, 0) is 0 Å². The summed E-state index contributed by atoms with van der Waals surface area (Å²) in [6, 6.07) is 10.0. The Bertz CT molecular complexity index is 328. The summed E-state index contributed by atoms with van der Waals surface area (Å²) >= 11 is 0. The highest BCUT2D eigenvalue weighted by Gasteiger charge is 2.24. The van der Waals surface area contributed by atoms with Crippen LogP contribution in [-0.4, -0.2) is 23.8 Å². The van der Waals surface area contributed by atoms with E-state index in [1.54, 1.807) is 0 Å². The zero-order valence-corrected chi connectivity index (χ0v) is 9.24. The number of nitrogens with zero attached hydrogens (tertiary/aromatic N) is 1. The van der Waals surface area contributed by atoms with Gasteiger partial charge in [-0.1, -0.05) is 30.3 Å². The van der Waals surface area contributed by atoms with Crippen LogP contribution in [0, 0.1) is 11.3 Å². The monoisotopic (exact) mass is 202 g/mol. The minimum absolute atomic E-state index is 0.671. The van der Waals surface area contributed by atoms with Crippen LogP contribution >= 0.6 is 0 Å². The molecule has 1 saturated carbocycles. The van der Waals surface area contributed by atoms with E-state index in [1.807, 2.05) is 30.3 Å². The van der Waals surface area contributed by atoms with Gasteiger partial charge < -0.3 is 4.90 Å². The van der Waals surface area contributed by atoms with Crippen molar-refractivity contribution in [1.29, 1.82) is 5.41 Å². The second-order valence-electron chi connectivity index (χ2n) is 4.20. The minimum Gasteiger partial charge on any atom is -0.357 e. The number of hydrogen-bond donors (Lipinski definition) is 1. The maximum atomic E-state index is 8.13. The van der Waals surface area contributed by atoms with Crippen LogP contribution in [0.2, 0.25) is 0 Å². The van der Waals surface area contributed by atoms with Gasteiger partial charge >= 0.3 is 0 Å². The fourth-order valence-electron chi connectivity index (χ4n) is 1.77. The molecule has 1 aliphatic rings. The summed E-state index contributed by atoms with van der Waals surface area (Å²) in [6.07, 6.45) is 2.69. The molecule has 1 aromatic rings. The van der Waals surface area contributed by atoms with E-state index in [0.29, 0.717) is 5.84 Å².